The Morgan fingerprint density at radius 3 is 2.16 bits per heavy atom. The van der Waals surface area contributed by atoms with Gasteiger partial charge < -0.3 is 19.3 Å². The molecule has 5 atom stereocenters. The molecule has 2 aliphatic rings. The lowest BCUT2D eigenvalue weighted by Gasteiger charge is -2.29. The standard InChI is InChI=1S/C31H30N5O6P/c37-43(38)40-19-25-27(42-43)28(39-18-24-14-8-3-9-15-24)31(41-25)36-21-34-26-29(32-20-33-30(26)36)35(16-22-10-4-1-5-11-22)17-23-12-6-2-7-13-23/h1-15,20-21,25,27-28,31H,16-19H2,(H,37,38)/t25-,27-,28-,31-/m1/s1. The molecule has 3 aromatic carbocycles. The highest BCUT2D eigenvalue weighted by Gasteiger charge is 2.54. The van der Waals surface area contributed by atoms with Crippen molar-refractivity contribution in [3.8, 4) is 0 Å². The number of ether oxygens (including phenoxy) is 2. The van der Waals surface area contributed by atoms with Crippen LogP contribution in [-0.4, -0.2) is 49.3 Å². The van der Waals surface area contributed by atoms with Crippen molar-refractivity contribution in [1.29, 1.82) is 0 Å². The topological polar surface area (TPSA) is 121 Å². The smallest absolute Gasteiger partial charge is 0.366 e. The number of hydrogen-bond acceptors (Lipinski definition) is 9. The number of benzene rings is 3. The van der Waals surface area contributed by atoms with Gasteiger partial charge in [0.05, 0.1) is 19.5 Å². The molecule has 0 saturated carbocycles. The van der Waals surface area contributed by atoms with Crippen molar-refractivity contribution in [3.05, 3.63) is 120 Å². The van der Waals surface area contributed by atoms with E-state index >= 15 is 0 Å². The van der Waals surface area contributed by atoms with Crippen molar-refractivity contribution < 1.29 is 28.0 Å². The molecule has 11 nitrogen and oxygen atoms in total. The van der Waals surface area contributed by atoms with Crippen molar-refractivity contribution in [2.24, 2.45) is 0 Å². The largest absolute Gasteiger partial charge is 0.472 e. The lowest BCUT2D eigenvalue weighted by Crippen LogP contribution is -2.40. The zero-order valence-electron chi connectivity index (χ0n) is 23.1. The van der Waals surface area contributed by atoms with Gasteiger partial charge in [0.15, 0.2) is 23.2 Å². The molecule has 220 valence electrons. The second-order valence-electron chi connectivity index (χ2n) is 10.5. The lowest BCUT2D eigenvalue weighted by molar-refractivity contribution is -0.0713. The van der Waals surface area contributed by atoms with Gasteiger partial charge in [0.1, 0.15) is 24.6 Å². The van der Waals surface area contributed by atoms with E-state index in [-0.39, 0.29) is 13.2 Å². The summed E-state index contributed by atoms with van der Waals surface area (Å²) >= 11 is 0. The Morgan fingerprint density at radius 2 is 1.51 bits per heavy atom. The normalized spacial score (nSPS) is 25.0. The highest BCUT2D eigenvalue weighted by molar-refractivity contribution is 7.47. The van der Waals surface area contributed by atoms with Crippen LogP contribution in [-0.2, 0) is 42.8 Å². The molecule has 0 bridgehead atoms. The number of anilines is 1. The van der Waals surface area contributed by atoms with E-state index in [2.05, 4.69) is 39.1 Å². The minimum Gasteiger partial charge on any atom is -0.366 e. The molecule has 43 heavy (non-hydrogen) atoms. The van der Waals surface area contributed by atoms with Crippen molar-refractivity contribution in [3.63, 3.8) is 0 Å². The van der Waals surface area contributed by atoms with Crippen LogP contribution >= 0.6 is 7.82 Å². The summed E-state index contributed by atoms with van der Waals surface area (Å²) in [6.07, 6.45) is 0.227. The summed E-state index contributed by atoms with van der Waals surface area (Å²) in [5, 5.41) is 0. The monoisotopic (exact) mass is 599 g/mol. The van der Waals surface area contributed by atoms with Gasteiger partial charge in [0, 0.05) is 13.1 Å². The van der Waals surface area contributed by atoms with Gasteiger partial charge in [-0.15, -0.1) is 0 Å². The summed E-state index contributed by atoms with van der Waals surface area (Å²) in [6, 6.07) is 30.1. The number of phosphoric acid groups is 1. The minimum atomic E-state index is -4.25. The highest BCUT2D eigenvalue weighted by Crippen LogP contribution is 2.53. The number of imidazole rings is 1. The molecule has 5 aromatic rings. The van der Waals surface area contributed by atoms with E-state index < -0.39 is 32.4 Å². The van der Waals surface area contributed by atoms with Gasteiger partial charge in [-0.25, -0.2) is 19.5 Å². The second-order valence-corrected chi connectivity index (χ2v) is 11.9. The van der Waals surface area contributed by atoms with Crippen LogP contribution < -0.4 is 4.90 Å². The predicted octanol–water partition coefficient (Wildman–Crippen LogP) is 5.03. The molecule has 2 fully saturated rings. The lowest BCUT2D eigenvalue weighted by atomic mass is 10.1. The Morgan fingerprint density at radius 1 is 0.884 bits per heavy atom. The number of phosphoric ester groups is 1. The van der Waals surface area contributed by atoms with Crippen molar-refractivity contribution in [2.75, 3.05) is 11.5 Å². The van der Waals surface area contributed by atoms with Gasteiger partial charge in [-0.3, -0.25) is 13.6 Å². The third-order valence-electron chi connectivity index (χ3n) is 7.57. The fraction of sp³-hybridized carbons (Fsp3) is 0.258. The molecule has 0 amide bonds. The summed E-state index contributed by atoms with van der Waals surface area (Å²) in [7, 11) is -4.25. The highest BCUT2D eigenvalue weighted by atomic mass is 31.2. The van der Waals surface area contributed by atoms with Gasteiger partial charge >= 0.3 is 7.82 Å². The van der Waals surface area contributed by atoms with Crippen molar-refractivity contribution >= 4 is 24.8 Å². The van der Waals surface area contributed by atoms with E-state index in [1.807, 2.05) is 66.7 Å². The van der Waals surface area contributed by atoms with E-state index in [0.29, 0.717) is 30.1 Å². The Kier molecular flexibility index (Phi) is 7.75. The quantitative estimate of drug-likeness (QED) is 0.231. The molecule has 2 saturated heterocycles. The Bertz CT molecular complexity index is 1680. The molecule has 1 N–H and O–H groups in total. The van der Waals surface area contributed by atoms with E-state index in [9.17, 15) is 9.46 Å². The Labute approximate surface area is 248 Å². The number of aromatic nitrogens is 4. The molecule has 0 radical (unpaired) electrons. The van der Waals surface area contributed by atoms with Crippen LogP contribution in [0.15, 0.2) is 104 Å². The van der Waals surface area contributed by atoms with E-state index in [0.717, 1.165) is 16.7 Å². The van der Waals surface area contributed by atoms with Gasteiger partial charge in [0.25, 0.3) is 0 Å². The SMILES string of the molecule is O=P1(O)OC[C@H]2O[C@@H](n3cnc4c(N(Cc5ccccc5)Cc5ccccc5)ncnc43)[C@H](OCc3ccccc3)[C@@H]2O1. The first-order chi connectivity index (χ1) is 21.0. The van der Waals surface area contributed by atoms with Crippen molar-refractivity contribution in [1.82, 2.24) is 19.5 Å². The molecule has 1 unspecified atom stereocenters. The summed E-state index contributed by atoms with van der Waals surface area (Å²) in [4.78, 5) is 26.3. The number of hydrogen-bond donors (Lipinski definition) is 1. The first-order valence-corrected chi connectivity index (χ1v) is 15.5. The van der Waals surface area contributed by atoms with Crippen LogP contribution in [0, 0.1) is 0 Å². The summed E-state index contributed by atoms with van der Waals surface area (Å²) in [5.74, 6) is 0.674. The predicted molar refractivity (Wildman–Crippen MR) is 158 cm³/mol. The third kappa shape index (κ3) is 5.96. The van der Waals surface area contributed by atoms with Gasteiger partial charge in [0.2, 0.25) is 0 Å². The maximum Gasteiger partial charge on any atom is 0.472 e. The molecule has 0 aliphatic carbocycles. The Balaban J connectivity index is 1.24. The zero-order valence-corrected chi connectivity index (χ0v) is 24.0. The number of fused-ring (bicyclic) bond motifs is 2. The molecule has 0 spiro atoms. The van der Waals surface area contributed by atoms with Crippen LogP contribution in [0.25, 0.3) is 11.2 Å². The summed E-state index contributed by atoms with van der Waals surface area (Å²) in [5.41, 5.74) is 4.35. The van der Waals surface area contributed by atoms with Crippen LogP contribution in [0.1, 0.15) is 22.9 Å². The first kappa shape index (κ1) is 27.8. The molecule has 7 rings (SSSR count). The van der Waals surface area contributed by atoms with Crippen LogP contribution in [0.3, 0.4) is 0 Å². The minimum absolute atomic E-state index is 0.102. The zero-order chi connectivity index (χ0) is 29.2. The molecule has 4 heterocycles. The fourth-order valence-corrected chi connectivity index (χ4v) is 6.52. The molecular weight excluding hydrogens is 569 g/mol. The number of rotatable bonds is 9. The summed E-state index contributed by atoms with van der Waals surface area (Å²) < 4.78 is 37.4. The average Bonchev–Trinajstić information content (AvgIpc) is 3.61. The molecule has 2 aliphatic heterocycles. The maximum absolute atomic E-state index is 12.4. The van der Waals surface area contributed by atoms with Crippen LogP contribution in [0.4, 0.5) is 5.82 Å². The average molecular weight is 600 g/mol. The fourth-order valence-electron chi connectivity index (χ4n) is 5.56. The molecule has 12 heteroatoms. The first-order valence-electron chi connectivity index (χ1n) is 14.0. The van der Waals surface area contributed by atoms with Crippen molar-refractivity contribution in [2.45, 2.75) is 44.2 Å². The second kappa shape index (κ2) is 12.0. The third-order valence-corrected chi connectivity index (χ3v) is 8.56. The van der Waals surface area contributed by atoms with Gasteiger partial charge in [-0.05, 0) is 16.7 Å². The number of nitrogens with zero attached hydrogens (tertiary/aromatic N) is 5. The van der Waals surface area contributed by atoms with Gasteiger partial charge in [-0.1, -0.05) is 91.0 Å². The Hall–Kier alpha value is -3.96. The summed E-state index contributed by atoms with van der Waals surface area (Å²) in [6.45, 7) is 1.37. The van der Waals surface area contributed by atoms with Crippen LogP contribution in [0.2, 0.25) is 0 Å². The van der Waals surface area contributed by atoms with E-state index in [4.69, 9.17) is 23.5 Å². The molecule has 2 aromatic heterocycles. The van der Waals surface area contributed by atoms with E-state index in [1.54, 1.807) is 10.9 Å². The molecular formula is C31H30N5O6P. The maximum atomic E-state index is 12.4. The van der Waals surface area contributed by atoms with Crippen LogP contribution in [0.5, 0.6) is 0 Å². The van der Waals surface area contributed by atoms with Gasteiger partial charge in [-0.2, -0.15) is 0 Å². The van der Waals surface area contributed by atoms with E-state index in [1.165, 1.54) is 6.33 Å².